The molecule has 6 heteroatoms. The van der Waals surface area contributed by atoms with Crippen LogP contribution in [0.25, 0.3) is 0 Å². The van der Waals surface area contributed by atoms with Gasteiger partial charge in [-0.25, -0.2) is 0 Å². The Bertz CT molecular complexity index is 186. The molecule has 0 radical (unpaired) electrons. The van der Waals surface area contributed by atoms with Crippen LogP contribution in [0.4, 0.5) is 4.79 Å². The van der Waals surface area contributed by atoms with E-state index >= 15 is 0 Å². The van der Waals surface area contributed by atoms with Crippen LogP contribution in [0.15, 0.2) is 0 Å². The highest BCUT2D eigenvalue weighted by Gasteiger charge is 2.31. The zero-order valence-electron chi connectivity index (χ0n) is 7.47. The van der Waals surface area contributed by atoms with Crippen LogP contribution in [0.3, 0.4) is 0 Å². The van der Waals surface area contributed by atoms with Crippen molar-refractivity contribution in [1.29, 1.82) is 0 Å². The largest absolute Gasteiger partial charge is 0.471 e. The first-order valence-electron chi connectivity index (χ1n) is 4.22. The molecule has 0 aromatic rings. The molecule has 2 N–H and O–H groups in total. The smallest absolute Gasteiger partial charge is 0.243 e. The first-order valence-corrected chi connectivity index (χ1v) is 4.22. The molecule has 1 heterocycles. The van der Waals surface area contributed by atoms with Gasteiger partial charge < -0.3 is 19.7 Å². The highest BCUT2D eigenvalue weighted by atomic mass is 16.6. The molecule has 5 nitrogen and oxygen atoms in total. The second kappa shape index (κ2) is 4.60. The molecular formula is C7H13BO5. The van der Waals surface area contributed by atoms with Crippen LogP contribution in [0.1, 0.15) is 6.42 Å². The van der Waals surface area contributed by atoms with Crippen molar-refractivity contribution >= 4 is 13.7 Å². The number of hydrogen-bond acceptors (Lipinski definition) is 5. The highest BCUT2D eigenvalue weighted by molar-refractivity contribution is 6.55. The second-order valence-corrected chi connectivity index (χ2v) is 3.06. The number of carbonyl (C=O) groups is 1. The standard InChI is InChI=1S/C7H13BO5/c8-7(11)13-3-5-6(10)4(9)1-2-12-5/h4-6,9-10H,1-3,8H2/t4?,5-,6-/m1/s1. The lowest BCUT2D eigenvalue weighted by molar-refractivity contribution is -0.146. The summed E-state index contributed by atoms with van der Waals surface area (Å²) in [5, 5.41) is 18.6. The van der Waals surface area contributed by atoms with E-state index in [4.69, 9.17) is 4.74 Å². The van der Waals surface area contributed by atoms with Crippen molar-refractivity contribution < 1.29 is 24.5 Å². The van der Waals surface area contributed by atoms with Crippen LogP contribution in [0.5, 0.6) is 0 Å². The Hall–Kier alpha value is -0.585. The van der Waals surface area contributed by atoms with Crippen LogP contribution in [0, 0.1) is 0 Å². The van der Waals surface area contributed by atoms with Gasteiger partial charge in [0.25, 0.3) is 0 Å². The Labute approximate surface area is 77.1 Å². The van der Waals surface area contributed by atoms with Crippen molar-refractivity contribution in [3.8, 4) is 0 Å². The third-order valence-corrected chi connectivity index (χ3v) is 1.97. The number of rotatable bonds is 2. The number of hydrogen-bond donors (Lipinski definition) is 2. The van der Waals surface area contributed by atoms with Crippen molar-refractivity contribution in [2.75, 3.05) is 13.2 Å². The predicted octanol–water partition coefficient (Wildman–Crippen LogP) is -1.73. The Morgan fingerprint density at radius 2 is 2.31 bits per heavy atom. The summed E-state index contributed by atoms with van der Waals surface area (Å²) in [6.07, 6.45) is -1.94. The van der Waals surface area contributed by atoms with E-state index in [-0.39, 0.29) is 6.61 Å². The lowest BCUT2D eigenvalue weighted by Crippen LogP contribution is -2.46. The fraction of sp³-hybridized carbons (Fsp3) is 0.857. The maximum absolute atomic E-state index is 10.5. The van der Waals surface area contributed by atoms with Crippen LogP contribution < -0.4 is 0 Å². The monoisotopic (exact) mass is 188 g/mol. The fourth-order valence-electron chi connectivity index (χ4n) is 1.20. The molecule has 0 saturated carbocycles. The van der Waals surface area contributed by atoms with E-state index in [2.05, 4.69) is 4.74 Å². The number of carbonyl (C=O) groups excluding carboxylic acids is 1. The third-order valence-electron chi connectivity index (χ3n) is 1.97. The topological polar surface area (TPSA) is 76.0 Å². The van der Waals surface area contributed by atoms with E-state index in [9.17, 15) is 15.0 Å². The molecule has 0 aromatic heterocycles. The Morgan fingerprint density at radius 3 is 2.92 bits per heavy atom. The van der Waals surface area contributed by atoms with E-state index in [0.29, 0.717) is 13.0 Å². The molecule has 0 amide bonds. The summed E-state index contributed by atoms with van der Waals surface area (Å²) in [6.45, 7) is 0.373. The summed E-state index contributed by atoms with van der Waals surface area (Å²) in [5.74, 6) is -0.420. The van der Waals surface area contributed by atoms with Gasteiger partial charge in [-0.2, -0.15) is 0 Å². The number of aliphatic hydroxyl groups is 2. The SMILES string of the molecule is BC(=O)OC[C@H]1OCCC(O)[C@H]1O. The van der Waals surface area contributed by atoms with Gasteiger partial charge in [-0.1, -0.05) is 0 Å². The van der Waals surface area contributed by atoms with Gasteiger partial charge in [0.1, 0.15) is 18.8 Å². The molecule has 1 saturated heterocycles. The lowest BCUT2D eigenvalue weighted by atomic mass is 10.0. The van der Waals surface area contributed by atoms with Crippen molar-refractivity contribution in [1.82, 2.24) is 0 Å². The molecule has 1 rings (SSSR count). The average Bonchev–Trinajstić information content (AvgIpc) is 2.07. The quantitative estimate of drug-likeness (QED) is 0.503. The fourth-order valence-corrected chi connectivity index (χ4v) is 1.20. The van der Waals surface area contributed by atoms with Crippen molar-refractivity contribution in [3.63, 3.8) is 0 Å². The molecule has 0 aliphatic carbocycles. The van der Waals surface area contributed by atoms with Crippen LogP contribution in [0.2, 0.25) is 0 Å². The molecular weight excluding hydrogens is 175 g/mol. The minimum atomic E-state index is -0.965. The maximum atomic E-state index is 10.5. The predicted molar refractivity (Wildman–Crippen MR) is 46.3 cm³/mol. The molecule has 3 atom stereocenters. The van der Waals surface area contributed by atoms with Gasteiger partial charge in [-0.3, -0.25) is 4.79 Å². The summed E-state index contributed by atoms with van der Waals surface area (Å²) in [6, 6.07) is 0. The summed E-state index contributed by atoms with van der Waals surface area (Å²) in [4.78, 5) is 10.5. The van der Waals surface area contributed by atoms with Gasteiger partial charge in [0.15, 0.2) is 0 Å². The first-order chi connectivity index (χ1) is 6.11. The molecule has 0 aromatic carbocycles. The van der Waals surface area contributed by atoms with E-state index in [1.807, 2.05) is 0 Å². The lowest BCUT2D eigenvalue weighted by Gasteiger charge is -2.31. The van der Waals surface area contributed by atoms with Gasteiger partial charge >= 0.3 is 0 Å². The van der Waals surface area contributed by atoms with E-state index in [0.717, 1.165) is 0 Å². The van der Waals surface area contributed by atoms with Crippen molar-refractivity contribution in [2.45, 2.75) is 24.7 Å². The maximum Gasteiger partial charge on any atom is 0.243 e. The summed E-state index contributed by atoms with van der Waals surface area (Å²) in [7, 11) is 1.28. The van der Waals surface area contributed by atoms with Crippen molar-refractivity contribution in [3.05, 3.63) is 0 Å². The van der Waals surface area contributed by atoms with Crippen LogP contribution >= 0.6 is 0 Å². The van der Waals surface area contributed by atoms with Gasteiger partial charge in [-0.05, 0) is 6.42 Å². The molecule has 74 valence electrons. The highest BCUT2D eigenvalue weighted by Crippen LogP contribution is 2.14. The summed E-state index contributed by atoms with van der Waals surface area (Å²) >= 11 is 0. The van der Waals surface area contributed by atoms with E-state index in [1.165, 1.54) is 7.85 Å². The van der Waals surface area contributed by atoms with E-state index < -0.39 is 24.2 Å². The Kier molecular flexibility index (Phi) is 3.71. The average molecular weight is 188 g/mol. The summed E-state index contributed by atoms with van der Waals surface area (Å²) < 4.78 is 9.79. The van der Waals surface area contributed by atoms with Gasteiger partial charge in [-0.15, -0.1) is 0 Å². The molecule has 1 aliphatic rings. The van der Waals surface area contributed by atoms with Crippen LogP contribution in [-0.2, 0) is 9.47 Å². The Balaban J connectivity index is 2.35. The van der Waals surface area contributed by atoms with E-state index in [1.54, 1.807) is 0 Å². The number of ether oxygens (including phenoxy) is 2. The van der Waals surface area contributed by atoms with Gasteiger partial charge in [0.2, 0.25) is 13.7 Å². The molecule has 0 spiro atoms. The minimum absolute atomic E-state index is 0.00639. The molecule has 1 aliphatic heterocycles. The Morgan fingerprint density at radius 1 is 1.62 bits per heavy atom. The number of aliphatic hydroxyl groups excluding tert-OH is 2. The third kappa shape index (κ3) is 2.98. The zero-order chi connectivity index (χ0) is 9.84. The molecule has 1 fully saturated rings. The molecule has 0 bridgehead atoms. The van der Waals surface area contributed by atoms with Gasteiger partial charge in [0.05, 0.1) is 6.10 Å². The first kappa shape index (κ1) is 10.5. The summed E-state index contributed by atoms with van der Waals surface area (Å²) in [5.41, 5.74) is 0. The molecule has 13 heavy (non-hydrogen) atoms. The van der Waals surface area contributed by atoms with Gasteiger partial charge in [0, 0.05) is 6.61 Å². The minimum Gasteiger partial charge on any atom is -0.471 e. The van der Waals surface area contributed by atoms with Crippen molar-refractivity contribution in [2.24, 2.45) is 0 Å². The van der Waals surface area contributed by atoms with Crippen LogP contribution in [-0.4, -0.2) is 55.5 Å². The molecule has 1 unspecified atom stereocenters. The second-order valence-electron chi connectivity index (χ2n) is 3.06. The normalized spacial score (nSPS) is 34.2. The zero-order valence-corrected chi connectivity index (χ0v) is 7.47.